The van der Waals surface area contributed by atoms with Gasteiger partial charge in [0, 0.05) is 17.6 Å². The minimum Gasteiger partial charge on any atom is -0.469 e. The minimum atomic E-state index is -0.565. The second-order valence-corrected chi connectivity index (χ2v) is 5.56. The summed E-state index contributed by atoms with van der Waals surface area (Å²) in [7, 11) is 1.33. The van der Waals surface area contributed by atoms with E-state index in [4.69, 9.17) is 4.74 Å². The van der Waals surface area contributed by atoms with Crippen molar-refractivity contribution in [1.29, 1.82) is 0 Å². The van der Waals surface area contributed by atoms with E-state index < -0.39 is 11.7 Å². The number of likely N-dealkylation sites (tertiary alicyclic amines) is 1. The summed E-state index contributed by atoms with van der Waals surface area (Å²) in [4.78, 5) is 25.5. The molecule has 1 fully saturated rings. The molecule has 1 heterocycles. The van der Waals surface area contributed by atoms with Gasteiger partial charge in [-0.3, -0.25) is 9.59 Å². The molecule has 1 amide bonds. The summed E-state index contributed by atoms with van der Waals surface area (Å²) in [6.45, 7) is 0.791. The van der Waals surface area contributed by atoms with Gasteiger partial charge < -0.3 is 9.64 Å². The fourth-order valence-electron chi connectivity index (χ4n) is 2.38. The quantitative estimate of drug-likeness (QED) is 0.775. The lowest BCUT2D eigenvalue weighted by Gasteiger charge is -2.31. The molecular formula is C14H15BrFNO3. The van der Waals surface area contributed by atoms with Crippen LogP contribution in [0.2, 0.25) is 0 Å². The van der Waals surface area contributed by atoms with Gasteiger partial charge in [0.1, 0.15) is 5.82 Å². The number of rotatable bonds is 2. The first kappa shape index (κ1) is 15.0. The predicted octanol–water partition coefficient (Wildman–Crippen LogP) is 2.61. The maximum Gasteiger partial charge on any atom is 0.310 e. The summed E-state index contributed by atoms with van der Waals surface area (Å²) in [5.41, 5.74) is 0.0121. The van der Waals surface area contributed by atoms with E-state index in [2.05, 4.69) is 15.9 Å². The third kappa shape index (κ3) is 3.00. The summed E-state index contributed by atoms with van der Waals surface area (Å²) in [5, 5.41) is 0. The molecule has 20 heavy (non-hydrogen) atoms. The topological polar surface area (TPSA) is 46.6 Å². The molecule has 1 aromatic rings. The van der Waals surface area contributed by atoms with Gasteiger partial charge in [0.05, 0.1) is 18.6 Å². The lowest BCUT2D eigenvalue weighted by molar-refractivity contribution is -0.146. The SMILES string of the molecule is COC(=O)[C@H]1CCCN(C(=O)c2c(F)cccc2Br)C1. The van der Waals surface area contributed by atoms with Gasteiger partial charge in [-0.05, 0) is 40.9 Å². The number of ether oxygens (including phenoxy) is 1. The second-order valence-electron chi connectivity index (χ2n) is 4.71. The Balaban J connectivity index is 2.19. The van der Waals surface area contributed by atoms with Crippen molar-refractivity contribution in [3.8, 4) is 0 Å². The molecule has 0 N–H and O–H groups in total. The van der Waals surface area contributed by atoms with E-state index in [9.17, 15) is 14.0 Å². The lowest BCUT2D eigenvalue weighted by Crippen LogP contribution is -2.43. The molecule has 1 atom stereocenters. The van der Waals surface area contributed by atoms with Crippen molar-refractivity contribution < 1.29 is 18.7 Å². The summed E-state index contributed by atoms with van der Waals surface area (Å²) in [5.74, 6) is -1.62. The van der Waals surface area contributed by atoms with Crippen LogP contribution in [0.15, 0.2) is 22.7 Å². The number of amides is 1. The monoisotopic (exact) mass is 343 g/mol. The van der Waals surface area contributed by atoms with E-state index in [1.54, 1.807) is 6.07 Å². The highest BCUT2D eigenvalue weighted by atomic mass is 79.9. The molecule has 4 nitrogen and oxygen atoms in total. The maximum absolute atomic E-state index is 13.8. The lowest BCUT2D eigenvalue weighted by atomic mass is 9.97. The van der Waals surface area contributed by atoms with Crippen LogP contribution in [0.5, 0.6) is 0 Å². The van der Waals surface area contributed by atoms with Crippen molar-refractivity contribution >= 4 is 27.8 Å². The van der Waals surface area contributed by atoms with Crippen molar-refractivity contribution in [3.05, 3.63) is 34.1 Å². The first-order chi connectivity index (χ1) is 9.54. The van der Waals surface area contributed by atoms with Crippen molar-refractivity contribution in [2.45, 2.75) is 12.8 Å². The van der Waals surface area contributed by atoms with Crippen molar-refractivity contribution in [2.75, 3.05) is 20.2 Å². The molecule has 1 saturated heterocycles. The van der Waals surface area contributed by atoms with Crippen molar-refractivity contribution in [1.82, 2.24) is 4.90 Å². The number of nitrogens with zero attached hydrogens (tertiary/aromatic N) is 1. The molecule has 6 heteroatoms. The third-order valence-corrected chi connectivity index (χ3v) is 4.08. The molecule has 0 aliphatic carbocycles. The van der Waals surface area contributed by atoms with E-state index in [-0.39, 0.29) is 24.0 Å². The fourth-order valence-corrected chi connectivity index (χ4v) is 2.89. The van der Waals surface area contributed by atoms with Gasteiger partial charge in [-0.1, -0.05) is 6.07 Å². The van der Waals surface area contributed by atoms with Crippen LogP contribution in [0.4, 0.5) is 4.39 Å². The number of hydrogen-bond acceptors (Lipinski definition) is 3. The standard InChI is InChI=1S/C14H15BrFNO3/c1-20-14(19)9-4-3-7-17(8-9)13(18)12-10(15)5-2-6-11(12)16/h2,5-6,9H,3-4,7-8H2,1H3/t9-/m0/s1. The Morgan fingerprint density at radius 2 is 2.20 bits per heavy atom. The first-order valence-corrected chi connectivity index (χ1v) is 7.15. The molecule has 1 aliphatic heterocycles. The molecule has 0 spiro atoms. The van der Waals surface area contributed by atoms with Gasteiger partial charge in [-0.25, -0.2) is 4.39 Å². The van der Waals surface area contributed by atoms with Crippen LogP contribution < -0.4 is 0 Å². The summed E-state index contributed by atoms with van der Waals surface area (Å²) >= 11 is 3.19. The summed E-state index contributed by atoms with van der Waals surface area (Å²) < 4.78 is 18.9. The van der Waals surface area contributed by atoms with Crippen LogP contribution >= 0.6 is 15.9 Å². The highest BCUT2D eigenvalue weighted by Gasteiger charge is 2.31. The van der Waals surface area contributed by atoms with Crippen LogP contribution in [0.25, 0.3) is 0 Å². The van der Waals surface area contributed by atoms with E-state index in [0.29, 0.717) is 23.9 Å². The Kier molecular flexibility index (Phi) is 4.75. The Hall–Kier alpha value is -1.43. The number of carbonyl (C=O) groups excluding carboxylic acids is 2. The van der Waals surface area contributed by atoms with Gasteiger partial charge in [-0.2, -0.15) is 0 Å². The summed E-state index contributed by atoms with van der Waals surface area (Å²) in [6, 6.07) is 4.40. The van der Waals surface area contributed by atoms with Crippen LogP contribution in [-0.4, -0.2) is 37.0 Å². The van der Waals surface area contributed by atoms with Crippen LogP contribution in [0.3, 0.4) is 0 Å². The van der Waals surface area contributed by atoms with Crippen LogP contribution in [-0.2, 0) is 9.53 Å². The van der Waals surface area contributed by atoms with Crippen LogP contribution in [0.1, 0.15) is 23.2 Å². The number of benzene rings is 1. The Labute approximate surface area is 125 Å². The molecular weight excluding hydrogens is 329 g/mol. The Morgan fingerprint density at radius 1 is 1.45 bits per heavy atom. The average molecular weight is 344 g/mol. The predicted molar refractivity (Wildman–Crippen MR) is 74.7 cm³/mol. The number of hydrogen-bond donors (Lipinski definition) is 0. The third-order valence-electron chi connectivity index (χ3n) is 3.42. The molecule has 108 valence electrons. The normalized spacial score (nSPS) is 18.8. The molecule has 0 aromatic heterocycles. The second kappa shape index (κ2) is 6.35. The van der Waals surface area contributed by atoms with E-state index in [0.717, 1.165) is 0 Å². The van der Waals surface area contributed by atoms with Crippen molar-refractivity contribution in [2.24, 2.45) is 5.92 Å². The molecule has 1 aliphatic rings. The number of piperidine rings is 1. The molecule has 0 radical (unpaired) electrons. The Morgan fingerprint density at radius 3 is 2.85 bits per heavy atom. The van der Waals surface area contributed by atoms with Gasteiger partial charge in [0.2, 0.25) is 0 Å². The van der Waals surface area contributed by atoms with Gasteiger partial charge in [0.25, 0.3) is 5.91 Å². The Bertz CT molecular complexity index is 515. The fraction of sp³-hybridized carbons (Fsp3) is 0.429. The molecule has 0 unspecified atom stereocenters. The number of methoxy groups -OCH3 is 1. The zero-order chi connectivity index (χ0) is 14.7. The average Bonchev–Trinajstić information content (AvgIpc) is 2.46. The zero-order valence-corrected chi connectivity index (χ0v) is 12.7. The van der Waals surface area contributed by atoms with E-state index in [1.807, 2.05) is 0 Å². The maximum atomic E-state index is 13.8. The number of esters is 1. The molecule has 0 saturated carbocycles. The highest BCUT2D eigenvalue weighted by molar-refractivity contribution is 9.10. The van der Waals surface area contributed by atoms with E-state index >= 15 is 0 Å². The minimum absolute atomic E-state index is 0.0121. The summed E-state index contributed by atoms with van der Waals surface area (Å²) in [6.07, 6.45) is 1.40. The molecule has 0 bridgehead atoms. The van der Waals surface area contributed by atoms with Crippen molar-refractivity contribution in [3.63, 3.8) is 0 Å². The van der Waals surface area contributed by atoms with Gasteiger partial charge in [0.15, 0.2) is 0 Å². The zero-order valence-electron chi connectivity index (χ0n) is 11.1. The number of carbonyl (C=O) groups is 2. The first-order valence-electron chi connectivity index (χ1n) is 6.35. The van der Waals surface area contributed by atoms with Gasteiger partial charge in [-0.15, -0.1) is 0 Å². The van der Waals surface area contributed by atoms with E-state index in [1.165, 1.54) is 24.1 Å². The van der Waals surface area contributed by atoms with Gasteiger partial charge >= 0.3 is 5.97 Å². The largest absolute Gasteiger partial charge is 0.469 e. The molecule has 1 aromatic carbocycles. The molecule has 2 rings (SSSR count). The number of halogens is 2. The smallest absolute Gasteiger partial charge is 0.310 e. The van der Waals surface area contributed by atoms with Crippen LogP contribution in [0, 0.1) is 11.7 Å². The highest BCUT2D eigenvalue weighted by Crippen LogP contribution is 2.25.